The number of fused-ring (bicyclic) bond motifs is 1. The number of rotatable bonds is 8. The smallest absolute Gasteiger partial charge is 0.234 e. The van der Waals surface area contributed by atoms with Crippen molar-refractivity contribution in [2.24, 2.45) is 0 Å². The van der Waals surface area contributed by atoms with E-state index in [9.17, 15) is 4.79 Å². The fourth-order valence-corrected chi connectivity index (χ4v) is 4.07. The Bertz CT molecular complexity index is 1180. The van der Waals surface area contributed by atoms with E-state index in [2.05, 4.69) is 17.4 Å². The molecule has 0 bridgehead atoms. The Morgan fingerprint density at radius 3 is 2.52 bits per heavy atom. The summed E-state index contributed by atoms with van der Waals surface area (Å²) in [6, 6.07) is 25.5. The monoisotopic (exact) mass is 429 g/mol. The summed E-state index contributed by atoms with van der Waals surface area (Å²) in [6.45, 7) is 2.46. The van der Waals surface area contributed by atoms with Gasteiger partial charge in [0, 0.05) is 11.8 Å². The molecule has 4 aromatic rings. The Labute approximate surface area is 185 Å². The number of carbonyl (C=O) groups excluding carboxylic acids is 1. The minimum absolute atomic E-state index is 0.107. The van der Waals surface area contributed by atoms with Crippen LogP contribution in [0.5, 0.6) is 5.75 Å². The lowest BCUT2D eigenvalue weighted by molar-refractivity contribution is -0.113. The number of nitrogens with zero attached hydrogens (tertiary/aromatic N) is 2. The molecule has 0 fully saturated rings. The molecule has 0 aliphatic heterocycles. The van der Waals surface area contributed by atoms with E-state index in [0.717, 1.165) is 27.3 Å². The van der Waals surface area contributed by atoms with Crippen molar-refractivity contribution >= 4 is 34.3 Å². The summed E-state index contributed by atoms with van der Waals surface area (Å²) in [6.07, 6.45) is 0.646. The van der Waals surface area contributed by atoms with Crippen LogP contribution in [0.1, 0.15) is 18.3 Å². The number of amides is 1. The molecule has 0 aliphatic rings. The average molecular weight is 430 g/mol. The van der Waals surface area contributed by atoms with E-state index < -0.39 is 0 Å². The number of nitrogens with one attached hydrogen (secondary N) is 1. The second kappa shape index (κ2) is 10.1. The highest BCUT2D eigenvalue weighted by Gasteiger charge is 2.12. The van der Waals surface area contributed by atoms with Gasteiger partial charge in [0.2, 0.25) is 5.91 Å². The van der Waals surface area contributed by atoms with Crippen molar-refractivity contribution in [2.75, 3.05) is 17.7 Å². The van der Waals surface area contributed by atoms with Crippen LogP contribution in [-0.2, 0) is 11.2 Å². The zero-order valence-corrected chi connectivity index (χ0v) is 18.1. The van der Waals surface area contributed by atoms with Crippen molar-refractivity contribution in [3.8, 4) is 5.75 Å². The first kappa shape index (κ1) is 20.9. The quantitative estimate of drug-likeness (QED) is 0.302. The first-order valence-corrected chi connectivity index (χ1v) is 11.2. The van der Waals surface area contributed by atoms with Crippen LogP contribution in [0.4, 0.5) is 5.69 Å². The van der Waals surface area contributed by atoms with E-state index in [0.29, 0.717) is 24.5 Å². The van der Waals surface area contributed by atoms with Crippen LogP contribution >= 0.6 is 11.8 Å². The van der Waals surface area contributed by atoms with Gasteiger partial charge in [-0.1, -0.05) is 72.4 Å². The molecule has 0 saturated heterocycles. The molecule has 0 saturated carbocycles. The lowest BCUT2D eigenvalue weighted by Gasteiger charge is -2.12. The minimum Gasteiger partial charge on any atom is -0.492 e. The highest BCUT2D eigenvalue weighted by molar-refractivity contribution is 8.00. The predicted octanol–water partition coefficient (Wildman–Crippen LogP) is 5.35. The van der Waals surface area contributed by atoms with E-state index in [4.69, 9.17) is 14.7 Å². The fourth-order valence-electron chi connectivity index (χ4n) is 3.23. The maximum absolute atomic E-state index is 12.6. The van der Waals surface area contributed by atoms with Crippen LogP contribution < -0.4 is 10.1 Å². The zero-order valence-electron chi connectivity index (χ0n) is 17.2. The van der Waals surface area contributed by atoms with Gasteiger partial charge >= 0.3 is 0 Å². The highest BCUT2D eigenvalue weighted by Crippen LogP contribution is 2.27. The molecule has 1 N–H and O–H groups in total. The molecule has 31 heavy (non-hydrogen) atoms. The lowest BCUT2D eigenvalue weighted by Crippen LogP contribution is -2.15. The number of carbonyl (C=O) groups is 1. The highest BCUT2D eigenvalue weighted by atomic mass is 32.2. The Morgan fingerprint density at radius 1 is 0.935 bits per heavy atom. The number of para-hydroxylation sites is 3. The number of hydrogen-bond acceptors (Lipinski definition) is 5. The Kier molecular flexibility index (Phi) is 6.79. The van der Waals surface area contributed by atoms with Crippen LogP contribution in [0, 0.1) is 0 Å². The molecule has 0 unspecified atom stereocenters. The molecule has 1 heterocycles. The topological polar surface area (TPSA) is 64.1 Å². The number of thioether (sulfide) groups is 1. The van der Waals surface area contributed by atoms with Crippen molar-refractivity contribution in [2.45, 2.75) is 18.4 Å². The van der Waals surface area contributed by atoms with Gasteiger partial charge in [0.1, 0.15) is 16.6 Å². The van der Waals surface area contributed by atoms with Crippen LogP contribution in [0.3, 0.4) is 0 Å². The van der Waals surface area contributed by atoms with Gasteiger partial charge in [0.05, 0.1) is 23.6 Å². The molecule has 0 spiro atoms. The summed E-state index contributed by atoms with van der Waals surface area (Å²) in [7, 11) is 0. The van der Waals surface area contributed by atoms with Gasteiger partial charge in [-0.2, -0.15) is 0 Å². The van der Waals surface area contributed by atoms with E-state index in [-0.39, 0.29) is 11.7 Å². The molecular weight excluding hydrogens is 406 g/mol. The van der Waals surface area contributed by atoms with Crippen molar-refractivity contribution in [3.05, 3.63) is 90.3 Å². The van der Waals surface area contributed by atoms with Crippen LogP contribution in [0.25, 0.3) is 10.9 Å². The first-order valence-electron chi connectivity index (χ1n) is 10.2. The maximum atomic E-state index is 12.6. The van der Waals surface area contributed by atoms with Crippen molar-refractivity contribution in [1.29, 1.82) is 0 Å². The van der Waals surface area contributed by atoms with E-state index in [1.54, 1.807) is 0 Å². The zero-order chi connectivity index (χ0) is 21.5. The maximum Gasteiger partial charge on any atom is 0.234 e. The third-order valence-electron chi connectivity index (χ3n) is 4.62. The third kappa shape index (κ3) is 5.41. The molecule has 156 valence electrons. The van der Waals surface area contributed by atoms with Gasteiger partial charge in [-0.15, -0.1) is 0 Å². The predicted molar refractivity (Wildman–Crippen MR) is 126 cm³/mol. The van der Waals surface area contributed by atoms with E-state index >= 15 is 0 Å². The molecule has 4 rings (SSSR count). The Hall–Kier alpha value is -3.38. The van der Waals surface area contributed by atoms with E-state index in [1.807, 2.05) is 73.7 Å². The summed E-state index contributed by atoms with van der Waals surface area (Å²) >= 11 is 1.42. The molecule has 5 nitrogen and oxygen atoms in total. The number of hydrogen-bond donors (Lipinski definition) is 1. The second-order valence-corrected chi connectivity index (χ2v) is 7.85. The fraction of sp³-hybridized carbons (Fsp3) is 0.160. The molecule has 0 atom stereocenters. The number of ether oxygens (including phenoxy) is 1. The second-order valence-electron chi connectivity index (χ2n) is 6.89. The Balaban J connectivity index is 1.51. The number of benzene rings is 3. The Morgan fingerprint density at radius 2 is 1.68 bits per heavy atom. The standard InChI is InChI=1S/C25H23N3O2S/c1-2-30-22-15-9-8-14-21(22)27-24(29)17-31-25-19-12-6-7-13-20(19)26-23(28-25)16-18-10-4-3-5-11-18/h3-15H,2,16-17H2,1H3,(H,27,29). The molecule has 6 heteroatoms. The van der Waals surface area contributed by atoms with Gasteiger partial charge < -0.3 is 10.1 Å². The van der Waals surface area contributed by atoms with Gasteiger partial charge in [-0.3, -0.25) is 4.79 Å². The third-order valence-corrected chi connectivity index (χ3v) is 5.61. The summed E-state index contributed by atoms with van der Waals surface area (Å²) in [4.78, 5) is 22.1. The van der Waals surface area contributed by atoms with Gasteiger partial charge in [-0.25, -0.2) is 9.97 Å². The molecular formula is C25H23N3O2S. The average Bonchev–Trinajstić information content (AvgIpc) is 2.79. The van der Waals surface area contributed by atoms with Gasteiger partial charge in [0.15, 0.2) is 0 Å². The summed E-state index contributed by atoms with van der Waals surface area (Å²) in [5, 5.41) is 4.70. The summed E-state index contributed by atoms with van der Waals surface area (Å²) in [5.41, 5.74) is 2.71. The molecule has 3 aromatic carbocycles. The summed E-state index contributed by atoms with van der Waals surface area (Å²) < 4.78 is 5.59. The molecule has 1 amide bonds. The molecule has 0 aliphatic carbocycles. The van der Waals surface area contributed by atoms with Crippen LogP contribution in [-0.4, -0.2) is 28.2 Å². The first-order chi connectivity index (χ1) is 15.2. The van der Waals surface area contributed by atoms with Crippen molar-refractivity contribution in [1.82, 2.24) is 9.97 Å². The molecule has 1 aromatic heterocycles. The number of aromatic nitrogens is 2. The van der Waals surface area contributed by atoms with Crippen LogP contribution in [0.15, 0.2) is 83.9 Å². The van der Waals surface area contributed by atoms with Crippen molar-refractivity contribution < 1.29 is 9.53 Å². The summed E-state index contributed by atoms with van der Waals surface area (Å²) in [5.74, 6) is 1.55. The minimum atomic E-state index is -0.107. The van der Waals surface area contributed by atoms with Gasteiger partial charge in [0.25, 0.3) is 0 Å². The lowest BCUT2D eigenvalue weighted by atomic mass is 10.1. The van der Waals surface area contributed by atoms with E-state index in [1.165, 1.54) is 11.8 Å². The van der Waals surface area contributed by atoms with Crippen molar-refractivity contribution in [3.63, 3.8) is 0 Å². The van der Waals surface area contributed by atoms with Crippen LogP contribution in [0.2, 0.25) is 0 Å². The SMILES string of the molecule is CCOc1ccccc1NC(=O)CSc1nc(Cc2ccccc2)nc2ccccc12. The van der Waals surface area contributed by atoms with Gasteiger partial charge in [-0.05, 0) is 30.7 Å². The molecule has 0 radical (unpaired) electrons. The normalized spacial score (nSPS) is 10.7. The largest absolute Gasteiger partial charge is 0.492 e. The number of anilines is 1.